The molecule has 0 atom stereocenters. The molecule has 2 aromatic heterocycles. The fraction of sp³-hybridized carbons (Fsp3) is 0.286. The third-order valence-corrected chi connectivity index (χ3v) is 2.95. The highest BCUT2D eigenvalue weighted by atomic mass is 16.3. The third-order valence-electron chi connectivity index (χ3n) is 2.95. The van der Waals surface area contributed by atoms with Gasteiger partial charge < -0.3 is 5.11 Å². The molecule has 0 aliphatic heterocycles. The summed E-state index contributed by atoms with van der Waals surface area (Å²) in [7, 11) is 0. The van der Waals surface area contributed by atoms with Crippen LogP contribution in [0.25, 0.3) is 0 Å². The molecule has 0 saturated carbocycles. The largest absolute Gasteiger partial charge is 0.377 e. The molecule has 0 aliphatic carbocycles. The van der Waals surface area contributed by atoms with Crippen LogP contribution in [0.2, 0.25) is 0 Å². The lowest BCUT2D eigenvalue weighted by atomic mass is 9.83. The van der Waals surface area contributed by atoms with E-state index in [0.717, 1.165) is 0 Å². The van der Waals surface area contributed by atoms with Crippen molar-refractivity contribution in [1.29, 1.82) is 0 Å². The second-order valence-corrected chi connectivity index (χ2v) is 4.35. The van der Waals surface area contributed by atoms with Gasteiger partial charge in [-0.1, -0.05) is 26.0 Å². The molecule has 1 N–H and O–H groups in total. The van der Waals surface area contributed by atoms with Crippen LogP contribution in [0.4, 0.5) is 0 Å². The average molecular weight is 228 g/mol. The van der Waals surface area contributed by atoms with Gasteiger partial charge in [0.25, 0.3) is 0 Å². The fourth-order valence-electron chi connectivity index (χ4n) is 1.90. The quantitative estimate of drug-likeness (QED) is 0.877. The highest BCUT2D eigenvalue weighted by Gasteiger charge is 2.37. The molecule has 88 valence electrons. The molecule has 0 fully saturated rings. The van der Waals surface area contributed by atoms with E-state index in [9.17, 15) is 5.11 Å². The molecule has 0 spiro atoms. The van der Waals surface area contributed by atoms with E-state index < -0.39 is 5.60 Å². The normalized spacial score (nSPS) is 11.8. The highest BCUT2D eigenvalue weighted by molar-refractivity contribution is 5.27. The summed E-state index contributed by atoms with van der Waals surface area (Å²) >= 11 is 0. The molecule has 0 aliphatic rings. The van der Waals surface area contributed by atoms with Gasteiger partial charge in [0, 0.05) is 12.4 Å². The van der Waals surface area contributed by atoms with E-state index in [4.69, 9.17) is 0 Å². The van der Waals surface area contributed by atoms with Crippen molar-refractivity contribution in [3.05, 3.63) is 60.2 Å². The summed E-state index contributed by atoms with van der Waals surface area (Å²) in [4.78, 5) is 8.52. The zero-order valence-corrected chi connectivity index (χ0v) is 10.0. The van der Waals surface area contributed by atoms with Gasteiger partial charge in [0.1, 0.15) is 0 Å². The Balaban J connectivity index is 2.55. The Labute approximate surface area is 101 Å². The fourth-order valence-corrected chi connectivity index (χ4v) is 1.90. The van der Waals surface area contributed by atoms with Crippen molar-refractivity contribution >= 4 is 0 Å². The van der Waals surface area contributed by atoms with Gasteiger partial charge in [0.15, 0.2) is 5.60 Å². The minimum absolute atomic E-state index is 0.00713. The average Bonchev–Trinajstić information content (AvgIpc) is 2.39. The number of rotatable bonds is 3. The lowest BCUT2D eigenvalue weighted by molar-refractivity contribution is 0.0233. The van der Waals surface area contributed by atoms with Gasteiger partial charge in [-0.3, -0.25) is 9.97 Å². The van der Waals surface area contributed by atoms with Gasteiger partial charge in [-0.05, 0) is 30.2 Å². The Bertz CT molecular complexity index is 429. The summed E-state index contributed by atoms with van der Waals surface area (Å²) < 4.78 is 0. The molecule has 0 unspecified atom stereocenters. The van der Waals surface area contributed by atoms with Gasteiger partial charge in [-0.25, -0.2) is 0 Å². The van der Waals surface area contributed by atoms with Gasteiger partial charge >= 0.3 is 0 Å². The number of aliphatic hydroxyl groups is 1. The Kier molecular flexibility index (Phi) is 3.20. The first-order valence-corrected chi connectivity index (χ1v) is 5.71. The molecule has 0 bridgehead atoms. The Morgan fingerprint density at radius 2 is 1.41 bits per heavy atom. The van der Waals surface area contributed by atoms with Gasteiger partial charge in [-0.2, -0.15) is 0 Å². The number of nitrogens with zero attached hydrogens (tertiary/aromatic N) is 2. The molecule has 2 aromatic rings. The van der Waals surface area contributed by atoms with Crippen molar-refractivity contribution in [1.82, 2.24) is 9.97 Å². The second-order valence-electron chi connectivity index (χ2n) is 4.35. The molecule has 0 amide bonds. The zero-order chi connectivity index (χ0) is 12.3. The highest BCUT2D eigenvalue weighted by Crippen LogP contribution is 2.33. The summed E-state index contributed by atoms with van der Waals surface area (Å²) in [6, 6.07) is 11.1. The van der Waals surface area contributed by atoms with Crippen LogP contribution in [0.15, 0.2) is 48.8 Å². The maximum absolute atomic E-state index is 10.9. The number of hydrogen-bond donors (Lipinski definition) is 1. The van der Waals surface area contributed by atoms with Crippen LogP contribution in [-0.4, -0.2) is 15.1 Å². The standard InChI is InChI=1S/C14H16N2O/c1-11(2)14(17,12-7-3-5-9-15-12)13-8-4-6-10-16-13/h3-11,17H,1-2H3. The molecule has 0 saturated heterocycles. The SMILES string of the molecule is CC(C)C(O)(c1ccccn1)c1ccccn1. The molecule has 2 heterocycles. The van der Waals surface area contributed by atoms with E-state index in [1.54, 1.807) is 12.4 Å². The lowest BCUT2D eigenvalue weighted by Crippen LogP contribution is -2.35. The summed E-state index contributed by atoms with van der Waals surface area (Å²) in [5.74, 6) is -0.00713. The lowest BCUT2D eigenvalue weighted by Gasteiger charge is -2.30. The van der Waals surface area contributed by atoms with E-state index in [1.807, 2.05) is 50.2 Å². The first kappa shape index (κ1) is 11.7. The number of aromatic nitrogens is 2. The zero-order valence-electron chi connectivity index (χ0n) is 10.0. The van der Waals surface area contributed by atoms with Crippen LogP contribution in [0.1, 0.15) is 25.2 Å². The van der Waals surface area contributed by atoms with Gasteiger partial charge in [-0.15, -0.1) is 0 Å². The summed E-state index contributed by atoms with van der Waals surface area (Å²) in [5.41, 5.74) is 0.130. The minimum atomic E-state index is -1.14. The minimum Gasteiger partial charge on any atom is -0.377 e. The Morgan fingerprint density at radius 1 is 0.941 bits per heavy atom. The predicted molar refractivity (Wildman–Crippen MR) is 66.3 cm³/mol. The topological polar surface area (TPSA) is 46.0 Å². The molecule has 0 aromatic carbocycles. The smallest absolute Gasteiger partial charge is 0.150 e. The Morgan fingerprint density at radius 3 is 1.71 bits per heavy atom. The van der Waals surface area contributed by atoms with Crippen molar-refractivity contribution in [3.63, 3.8) is 0 Å². The monoisotopic (exact) mass is 228 g/mol. The second kappa shape index (κ2) is 4.63. The first-order valence-electron chi connectivity index (χ1n) is 5.71. The van der Waals surface area contributed by atoms with Crippen LogP contribution in [0.3, 0.4) is 0 Å². The maximum Gasteiger partial charge on any atom is 0.150 e. The third kappa shape index (κ3) is 2.06. The molecular formula is C14H16N2O. The van der Waals surface area contributed by atoms with Crippen LogP contribution >= 0.6 is 0 Å². The van der Waals surface area contributed by atoms with Crippen LogP contribution in [0.5, 0.6) is 0 Å². The molecule has 17 heavy (non-hydrogen) atoms. The Hall–Kier alpha value is -1.74. The van der Waals surface area contributed by atoms with Gasteiger partial charge in [0.05, 0.1) is 11.4 Å². The van der Waals surface area contributed by atoms with E-state index in [0.29, 0.717) is 11.4 Å². The summed E-state index contributed by atoms with van der Waals surface area (Å²) in [6.45, 7) is 3.92. The maximum atomic E-state index is 10.9. The van der Waals surface area contributed by atoms with Crippen molar-refractivity contribution < 1.29 is 5.11 Å². The molecule has 3 heteroatoms. The molecule has 0 radical (unpaired) electrons. The van der Waals surface area contributed by atoms with Crippen LogP contribution in [-0.2, 0) is 5.60 Å². The van der Waals surface area contributed by atoms with Gasteiger partial charge in [0.2, 0.25) is 0 Å². The van der Waals surface area contributed by atoms with Crippen molar-refractivity contribution in [3.8, 4) is 0 Å². The number of pyridine rings is 2. The van der Waals surface area contributed by atoms with E-state index in [1.165, 1.54) is 0 Å². The molecule has 3 nitrogen and oxygen atoms in total. The van der Waals surface area contributed by atoms with Crippen molar-refractivity contribution in [2.45, 2.75) is 19.4 Å². The summed E-state index contributed by atoms with van der Waals surface area (Å²) in [6.07, 6.45) is 3.37. The molecule has 2 rings (SSSR count). The van der Waals surface area contributed by atoms with E-state index in [2.05, 4.69) is 9.97 Å². The predicted octanol–water partition coefficient (Wildman–Crippen LogP) is 2.37. The van der Waals surface area contributed by atoms with Crippen molar-refractivity contribution in [2.24, 2.45) is 5.92 Å². The van der Waals surface area contributed by atoms with E-state index in [-0.39, 0.29) is 5.92 Å². The first-order chi connectivity index (χ1) is 8.15. The number of hydrogen-bond acceptors (Lipinski definition) is 3. The van der Waals surface area contributed by atoms with Crippen LogP contribution < -0.4 is 0 Å². The van der Waals surface area contributed by atoms with Crippen LogP contribution in [0, 0.1) is 5.92 Å². The van der Waals surface area contributed by atoms with Crippen molar-refractivity contribution in [2.75, 3.05) is 0 Å². The summed E-state index contributed by atoms with van der Waals surface area (Å²) in [5, 5.41) is 10.9. The molecular weight excluding hydrogens is 212 g/mol. The van der Waals surface area contributed by atoms with E-state index >= 15 is 0 Å².